The molecule has 0 atom stereocenters. The summed E-state index contributed by atoms with van der Waals surface area (Å²) in [5.41, 5.74) is 0.507. The third kappa shape index (κ3) is 4.42. The van der Waals surface area contributed by atoms with Gasteiger partial charge in [0.2, 0.25) is 11.8 Å². The first kappa shape index (κ1) is 16.2. The third-order valence-electron chi connectivity index (χ3n) is 2.88. The number of carboxylic acids is 1. The molecule has 22 heavy (non-hydrogen) atoms. The molecule has 0 saturated heterocycles. The number of nitrogens with zero attached hydrogens (tertiary/aromatic N) is 2. The van der Waals surface area contributed by atoms with E-state index in [9.17, 15) is 9.59 Å². The van der Waals surface area contributed by atoms with E-state index in [-0.39, 0.29) is 24.8 Å². The lowest BCUT2D eigenvalue weighted by Crippen LogP contribution is -2.39. The van der Waals surface area contributed by atoms with Crippen LogP contribution < -0.4 is 0 Å². The fourth-order valence-electron chi connectivity index (χ4n) is 2.03. The molecule has 6 nitrogen and oxygen atoms in total. The number of rotatable bonds is 7. The fourth-order valence-corrected chi connectivity index (χ4v) is 2.68. The van der Waals surface area contributed by atoms with Crippen molar-refractivity contribution in [1.82, 2.24) is 9.88 Å². The Morgan fingerprint density at radius 2 is 2.23 bits per heavy atom. The number of aliphatic carboxylic acids is 1. The molecule has 0 aliphatic heterocycles. The number of carbonyl (C=O) groups excluding carboxylic acids is 1. The van der Waals surface area contributed by atoms with Gasteiger partial charge in [0.15, 0.2) is 0 Å². The molecule has 2 aromatic heterocycles. The summed E-state index contributed by atoms with van der Waals surface area (Å²) < 4.78 is 5.36. The van der Waals surface area contributed by atoms with Gasteiger partial charge in [-0.15, -0.1) is 11.3 Å². The van der Waals surface area contributed by atoms with E-state index in [2.05, 4.69) is 4.98 Å². The molecule has 0 radical (unpaired) electrons. The molecule has 0 aromatic carbocycles. The van der Waals surface area contributed by atoms with E-state index in [4.69, 9.17) is 9.52 Å². The Morgan fingerprint density at radius 1 is 1.45 bits per heavy atom. The molecule has 0 saturated carbocycles. The van der Waals surface area contributed by atoms with Crippen LogP contribution in [0.5, 0.6) is 0 Å². The maximum atomic E-state index is 12.3. The molecule has 2 heterocycles. The largest absolute Gasteiger partial charge is 0.480 e. The van der Waals surface area contributed by atoms with Gasteiger partial charge in [0.25, 0.3) is 0 Å². The Kier molecular flexibility index (Phi) is 5.32. The van der Waals surface area contributed by atoms with E-state index in [0.29, 0.717) is 18.1 Å². The van der Waals surface area contributed by atoms with Crippen LogP contribution in [0.25, 0.3) is 10.8 Å². The summed E-state index contributed by atoms with van der Waals surface area (Å²) in [6, 6.07) is 3.78. The topological polar surface area (TPSA) is 83.6 Å². The number of oxazole rings is 1. The maximum absolute atomic E-state index is 12.3. The van der Waals surface area contributed by atoms with Crippen LogP contribution in [0.3, 0.4) is 0 Å². The van der Waals surface area contributed by atoms with Crippen LogP contribution in [0.15, 0.2) is 28.2 Å². The molecule has 0 aliphatic rings. The summed E-state index contributed by atoms with van der Waals surface area (Å²) >= 11 is 1.50. The average Bonchev–Trinajstić information content (AvgIpc) is 3.06. The molecule has 1 amide bonds. The van der Waals surface area contributed by atoms with Gasteiger partial charge in [-0.1, -0.05) is 19.9 Å². The molecule has 0 aliphatic carbocycles. The summed E-state index contributed by atoms with van der Waals surface area (Å²) in [5.74, 6) is -0.607. The Morgan fingerprint density at radius 3 is 2.82 bits per heavy atom. The Labute approximate surface area is 132 Å². The fraction of sp³-hybridized carbons (Fsp3) is 0.400. The zero-order valence-corrected chi connectivity index (χ0v) is 13.3. The Balaban J connectivity index is 2.04. The highest BCUT2D eigenvalue weighted by Crippen LogP contribution is 2.23. The summed E-state index contributed by atoms with van der Waals surface area (Å²) in [6.07, 6.45) is 1.48. The number of amides is 1. The van der Waals surface area contributed by atoms with Crippen molar-refractivity contribution in [2.75, 3.05) is 13.1 Å². The second kappa shape index (κ2) is 7.22. The molecule has 0 fully saturated rings. The van der Waals surface area contributed by atoms with Crippen molar-refractivity contribution in [3.8, 4) is 10.8 Å². The van der Waals surface area contributed by atoms with Crippen LogP contribution in [0, 0.1) is 5.92 Å². The van der Waals surface area contributed by atoms with E-state index >= 15 is 0 Å². The standard InChI is InChI=1S/C15H18N2O4S/c1-10(2)7-17(8-14(19)20)13(18)6-11-9-21-15(16-11)12-4-3-5-22-12/h3-5,9-10H,6-8H2,1-2H3,(H,19,20). The van der Waals surface area contributed by atoms with Gasteiger partial charge in [-0.2, -0.15) is 0 Å². The zero-order chi connectivity index (χ0) is 16.1. The second-order valence-corrected chi connectivity index (χ2v) is 6.31. The number of carbonyl (C=O) groups is 2. The van der Waals surface area contributed by atoms with Gasteiger partial charge in [0, 0.05) is 6.54 Å². The molecule has 0 spiro atoms. The number of thiophene rings is 1. The van der Waals surface area contributed by atoms with Crippen molar-refractivity contribution >= 4 is 23.2 Å². The zero-order valence-electron chi connectivity index (χ0n) is 12.5. The highest BCUT2D eigenvalue weighted by molar-refractivity contribution is 7.13. The smallest absolute Gasteiger partial charge is 0.323 e. The molecular weight excluding hydrogens is 304 g/mol. The minimum atomic E-state index is -1.02. The molecular formula is C15H18N2O4S. The van der Waals surface area contributed by atoms with Crippen LogP contribution in [-0.2, 0) is 16.0 Å². The summed E-state index contributed by atoms with van der Waals surface area (Å²) in [6.45, 7) is 3.98. The van der Waals surface area contributed by atoms with Crippen molar-refractivity contribution in [1.29, 1.82) is 0 Å². The predicted octanol–water partition coefficient (Wildman–Crippen LogP) is 2.51. The van der Waals surface area contributed by atoms with Gasteiger partial charge in [-0.3, -0.25) is 9.59 Å². The van der Waals surface area contributed by atoms with Gasteiger partial charge < -0.3 is 14.4 Å². The minimum Gasteiger partial charge on any atom is -0.480 e. The lowest BCUT2D eigenvalue weighted by atomic mass is 10.2. The molecule has 2 rings (SSSR count). The van der Waals surface area contributed by atoms with E-state index in [1.807, 2.05) is 31.4 Å². The van der Waals surface area contributed by atoms with Crippen LogP contribution in [-0.4, -0.2) is 40.0 Å². The van der Waals surface area contributed by atoms with Gasteiger partial charge >= 0.3 is 5.97 Å². The lowest BCUT2D eigenvalue weighted by molar-refractivity contribution is -0.144. The van der Waals surface area contributed by atoms with Gasteiger partial charge in [-0.25, -0.2) is 4.98 Å². The second-order valence-electron chi connectivity index (χ2n) is 5.36. The van der Waals surface area contributed by atoms with E-state index in [0.717, 1.165) is 4.88 Å². The van der Waals surface area contributed by atoms with Crippen molar-refractivity contribution in [3.63, 3.8) is 0 Å². The van der Waals surface area contributed by atoms with Gasteiger partial charge in [0.05, 0.1) is 17.0 Å². The van der Waals surface area contributed by atoms with E-state index < -0.39 is 5.97 Å². The highest BCUT2D eigenvalue weighted by Gasteiger charge is 2.20. The van der Waals surface area contributed by atoms with Gasteiger partial charge in [-0.05, 0) is 17.4 Å². The van der Waals surface area contributed by atoms with Crippen molar-refractivity contribution in [2.24, 2.45) is 5.92 Å². The number of hydrogen-bond donors (Lipinski definition) is 1. The van der Waals surface area contributed by atoms with Crippen LogP contribution in [0.1, 0.15) is 19.5 Å². The van der Waals surface area contributed by atoms with Crippen molar-refractivity contribution in [3.05, 3.63) is 29.5 Å². The van der Waals surface area contributed by atoms with E-state index in [1.165, 1.54) is 22.5 Å². The number of aromatic nitrogens is 1. The minimum absolute atomic E-state index is 0.0366. The molecule has 0 unspecified atom stereocenters. The average molecular weight is 322 g/mol. The first-order valence-electron chi connectivity index (χ1n) is 6.93. The first-order chi connectivity index (χ1) is 10.5. The third-order valence-corrected chi connectivity index (χ3v) is 3.74. The summed E-state index contributed by atoms with van der Waals surface area (Å²) in [4.78, 5) is 29.7. The van der Waals surface area contributed by atoms with Crippen LogP contribution >= 0.6 is 11.3 Å². The van der Waals surface area contributed by atoms with Crippen molar-refractivity contribution in [2.45, 2.75) is 20.3 Å². The summed E-state index contributed by atoms with van der Waals surface area (Å²) in [5, 5.41) is 10.8. The molecule has 2 aromatic rings. The lowest BCUT2D eigenvalue weighted by Gasteiger charge is -2.22. The molecule has 7 heteroatoms. The SMILES string of the molecule is CC(C)CN(CC(=O)O)C(=O)Cc1coc(-c2cccs2)n1. The molecule has 118 valence electrons. The van der Waals surface area contributed by atoms with Crippen molar-refractivity contribution < 1.29 is 19.1 Å². The first-order valence-corrected chi connectivity index (χ1v) is 7.81. The van der Waals surface area contributed by atoms with Gasteiger partial charge in [0.1, 0.15) is 12.8 Å². The molecule has 0 bridgehead atoms. The highest BCUT2D eigenvalue weighted by atomic mass is 32.1. The quantitative estimate of drug-likeness (QED) is 0.847. The van der Waals surface area contributed by atoms with E-state index in [1.54, 1.807) is 0 Å². The normalized spacial score (nSPS) is 10.9. The predicted molar refractivity (Wildman–Crippen MR) is 82.6 cm³/mol. The Bertz CT molecular complexity index is 634. The Hall–Kier alpha value is -2.15. The molecule has 1 N–H and O–H groups in total. The summed E-state index contributed by atoms with van der Waals surface area (Å²) in [7, 11) is 0. The number of carboxylic acid groups (broad SMARTS) is 1. The maximum Gasteiger partial charge on any atom is 0.323 e. The van der Waals surface area contributed by atoms with Crippen LogP contribution in [0.2, 0.25) is 0 Å². The monoisotopic (exact) mass is 322 g/mol. The van der Waals surface area contributed by atoms with Crippen LogP contribution in [0.4, 0.5) is 0 Å². The number of hydrogen-bond acceptors (Lipinski definition) is 5.